The fraction of sp³-hybridized carbons (Fsp3) is 0.500. The van der Waals surface area contributed by atoms with E-state index in [9.17, 15) is 4.79 Å². The largest absolute Gasteiger partial charge is 0.382 e. The van der Waals surface area contributed by atoms with E-state index in [1.54, 1.807) is 7.05 Å². The fourth-order valence-corrected chi connectivity index (χ4v) is 1.39. The molecule has 0 aliphatic heterocycles. The lowest BCUT2D eigenvalue weighted by molar-refractivity contribution is -0.128. The molecule has 1 rings (SSSR count). The predicted octanol–water partition coefficient (Wildman–Crippen LogP) is 0.896. The van der Waals surface area contributed by atoms with Gasteiger partial charge in [0, 0.05) is 13.6 Å². The Morgan fingerprint density at radius 2 is 2.18 bits per heavy atom. The summed E-state index contributed by atoms with van der Waals surface area (Å²) >= 11 is 5.92. The fourth-order valence-electron chi connectivity index (χ4n) is 1.23. The van der Waals surface area contributed by atoms with E-state index < -0.39 is 5.41 Å². The number of anilines is 2. The van der Waals surface area contributed by atoms with E-state index in [-0.39, 0.29) is 16.7 Å². The Balaban J connectivity index is 2.74. The minimum Gasteiger partial charge on any atom is -0.382 e. The van der Waals surface area contributed by atoms with Crippen LogP contribution in [0.4, 0.5) is 11.6 Å². The Labute approximate surface area is 105 Å². The molecule has 17 heavy (non-hydrogen) atoms. The number of nitrogens with zero attached hydrogens (tertiary/aromatic N) is 2. The van der Waals surface area contributed by atoms with Crippen molar-refractivity contribution >= 4 is 29.1 Å². The molecule has 0 saturated heterocycles. The van der Waals surface area contributed by atoms with Crippen LogP contribution in [0.1, 0.15) is 13.8 Å². The Kier molecular flexibility index (Phi) is 4.11. The summed E-state index contributed by atoms with van der Waals surface area (Å²) in [7, 11) is 1.60. The van der Waals surface area contributed by atoms with Crippen molar-refractivity contribution in [3.05, 3.63) is 11.3 Å². The van der Waals surface area contributed by atoms with E-state index in [2.05, 4.69) is 20.6 Å². The molecule has 0 spiro atoms. The van der Waals surface area contributed by atoms with E-state index in [4.69, 9.17) is 17.3 Å². The minimum absolute atomic E-state index is 0.0665. The highest BCUT2D eigenvalue weighted by Gasteiger charge is 2.26. The van der Waals surface area contributed by atoms with Crippen LogP contribution >= 0.6 is 11.6 Å². The number of aromatic nitrogens is 2. The van der Waals surface area contributed by atoms with Gasteiger partial charge in [0.25, 0.3) is 0 Å². The molecule has 0 radical (unpaired) electrons. The molecule has 0 fully saturated rings. The van der Waals surface area contributed by atoms with Gasteiger partial charge in [0.2, 0.25) is 5.91 Å². The number of hydrogen-bond donors (Lipinski definition) is 3. The van der Waals surface area contributed by atoms with Crippen molar-refractivity contribution in [3.8, 4) is 0 Å². The van der Waals surface area contributed by atoms with Crippen LogP contribution in [-0.2, 0) is 4.79 Å². The zero-order valence-electron chi connectivity index (χ0n) is 10.0. The van der Waals surface area contributed by atoms with Crippen LogP contribution in [0.2, 0.25) is 5.02 Å². The lowest BCUT2D eigenvalue weighted by Gasteiger charge is -2.23. The number of nitrogens with two attached hydrogens (primary N) is 1. The molecular formula is C10H16ClN5O. The van der Waals surface area contributed by atoms with Crippen molar-refractivity contribution in [2.24, 2.45) is 5.41 Å². The quantitative estimate of drug-likeness (QED) is 0.745. The molecule has 0 bridgehead atoms. The zero-order valence-corrected chi connectivity index (χ0v) is 10.8. The van der Waals surface area contributed by atoms with Crippen molar-refractivity contribution in [1.82, 2.24) is 15.3 Å². The standard InChI is InChI=1S/C10H16ClN5O/c1-10(2,9(17)13-3)4-14-8-6(11)7(12)15-5-16-8/h5H,4H2,1-3H3,(H,13,17)(H3,12,14,15,16). The molecule has 1 aromatic heterocycles. The third kappa shape index (κ3) is 3.20. The second-order valence-corrected chi connectivity index (χ2v) is 4.62. The van der Waals surface area contributed by atoms with Gasteiger partial charge in [-0.25, -0.2) is 9.97 Å². The van der Waals surface area contributed by atoms with Crippen molar-refractivity contribution in [3.63, 3.8) is 0 Å². The number of hydrogen-bond acceptors (Lipinski definition) is 5. The van der Waals surface area contributed by atoms with E-state index in [0.29, 0.717) is 12.4 Å². The summed E-state index contributed by atoms with van der Waals surface area (Å²) < 4.78 is 0. The van der Waals surface area contributed by atoms with Crippen molar-refractivity contribution in [2.75, 3.05) is 24.6 Å². The topological polar surface area (TPSA) is 92.9 Å². The first-order valence-corrected chi connectivity index (χ1v) is 5.48. The van der Waals surface area contributed by atoms with Gasteiger partial charge in [-0.3, -0.25) is 4.79 Å². The van der Waals surface area contributed by atoms with Crippen LogP contribution in [0, 0.1) is 5.41 Å². The maximum atomic E-state index is 11.6. The lowest BCUT2D eigenvalue weighted by Crippen LogP contribution is -2.39. The summed E-state index contributed by atoms with van der Waals surface area (Å²) in [6, 6.07) is 0. The number of amides is 1. The molecule has 7 heteroatoms. The second kappa shape index (κ2) is 5.18. The Morgan fingerprint density at radius 3 is 2.76 bits per heavy atom. The number of carbonyl (C=O) groups excluding carboxylic acids is 1. The molecule has 0 aliphatic carbocycles. The summed E-state index contributed by atoms with van der Waals surface area (Å²) in [5.74, 6) is 0.571. The highest BCUT2D eigenvalue weighted by atomic mass is 35.5. The van der Waals surface area contributed by atoms with Crippen LogP contribution in [0.25, 0.3) is 0 Å². The molecule has 1 amide bonds. The van der Waals surface area contributed by atoms with Crippen LogP contribution in [0.3, 0.4) is 0 Å². The Morgan fingerprint density at radius 1 is 1.53 bits per heavy atom. The smallest absolute Gasteiger partial charge is 0.227 e. The molecule has 0 aliphatic rings. The van der Waals surface area contributed by atoms with E-state index in [1.165, 1.54) is 6.33 Å². The highest BCUT2D eigenvalue weighted by Crippen LogP contribution is 2.24. The summed E-state index contributed by atoms with van der Waals surface area (Å²) in [4.78, 5) is 19.3. The van der Waals surface area contributed by atoms with Gasteiger partial charge in [-0.05, 0) is 13.8 Å². The summed E-state index contributed by atoms with van der Waals surface area (Å²) in [5.41, 5.74) is 4.97. The number of rotatable bonds is 4. The van der Waals surface area contributed by atoms with E-state index >= 15 is 0 Å². The van der Waals surface area contributed by atoms with Gasteiger partial charge in [-0.2, -0.15) is 0 Å². The molecule has 0 saturated carbocycles. The van der Waals surface area contributed by atoms with E-state index in [1.807, 2.05) is 13.8 Å². The van der Waals surface area contributed by atoms with Crippen LogP contribution in [0.15, 0.2) is 6.33 Å². The van der Waals surface area contributed by atoms with E-state index in [0.717, 1.165) is 0 Å². The van der Waals surface area contributed by atoms with Gasteiger partial charge in [0.1, 0.15) is 23.0 Å². The minimum atomic E-state index is -0.572. The van der Waals surface area contributed by atoms with Gasteiger partial charge < -0.3 is 16.4 Å². The molecular weight excluding hydrogens is 242 g/mol. The molecule has 0 aromatic carbocycles. The normalized spacial score (nSPS) is 11.1. The molecule has 94 valence electrons. The second-order valence-electron chi connectivity index (χ2n) is 4.24. The van der Waals surface area contributed by atoms with Crippen molar-refractivity contribution < 1.29 is 4.79 Å². The van der Waals surface area contributed by atoms with Gasteiger partial charge in [-0.15, -0.1) is 0 Å². The van der Waals surface area contributed by atoms with Gasteiger partial charge in [0.15, 0.2) is 0 Å². The predicted molar refractivity (Wildman–Crippen MR) is 67.8 cm³/mol. The highest BCUT2D eigenvalue weighted by molar-refractivity contribution is 6.35. The first-order chi connectivity index (χ1) is 7.88. The van der Waals surface area contributed by atoms with Crippen molar-refractivity contribution in [1.29, 1.82) is 0 Å². The molecule has 6 nitrogen and oxygen atoms in total. The third-order valence-electron chi connectivity index (χ3n) is 2.36. The maximum absolute atomic E-state index is 11.6. The number of halogens is 1. The monoisotopic (exact) mass is 257 g/mol. The van der Waals surface area contributed by atoms with Gasteiger partial charge in [-0.1, -0.05) is 11.6 Å². The summed E-state index contributed by atoms with van der Waals surface area (Å²) in [6.07, 6.45) is 1.32. The number of nitrogens with one attached hydrogen (secondary N) is 2. The Hall–Kier alpha value is -1.56. The lowest BCUT2D eigenvalue weighted by atomic mass is 9.92. The summed E-state index contributed by atoms with van der Waals surface area (Å²) in [5, 5.41) is 5.85. The average Bonchev–Trinajstić information content (AvgIpc) is 2.30. The van der Waals surface area contributed by atoms with Crippen LogP contribution < -0.4 is 16.4 Å². The number of nitrogen functional groups attached to an aromatic ring is 1. The van der Waals surface area contributed by atoms with Crippen molar-refractivity contribution in [2.45, 2.75) is 13.8 Å². The van der Waals surface area contributed by atoms with Gasteiger partial charge >= 0.3 is 0 Å². The van der Waals surface area contributed by atoms with Crippen LogP contribution in [-0.4, -0.2) is 29.5 Å². The zero-order chi connectivity index (χ0) is 13.1. The molecule has 4 N–H and O–H groups in total. The average molecular weight is 258 g/mol. The molecule has 1 heterocycles. The third-order valence-corrected chi connectivity index (χ3v) is 2.73. The number of carbonyl (C=O) groups is 1. The molecule has 1 aromatic rings. The maximum Gasteiger partial charge on any atom is 0.227 e. The summed E-state index contributed by atoms with van der Waals surface area (Å²) in [6.45, 7) is 4.03. The first kappa shape index (κ1) is 13.5. The Bertz CT molecular complexity index is 421. The SMILES string of the molecule is CNC(=O)C(C)(C)CNc1ncnc(N)c1Cl. The molecule has 0 unspecified atom stereocenters. The van der Waals surface area contributed by atoms with Gasteiger partial charge in [0.05, 0.1) is 5.41 Å². The van der Waals surface area contributed by atoms with Crippen LogP contribution in [0.5, 0.6) is 0 Å². The first-order valence-electron chi connectivity index (χ1n) is 5.10. The molecule has 0 atom stereocenters.